The molecule has 3 nitrogen and oxygen atoms in total. The Hall–Kier alpha value is -1.05. The van der Waals surface area contributed by atoms with Gasteiger partial charge in [-0.05, 0) is 32.0 Å². The standard InChI is InChI=1S/C13H16N2O.BrH/c1-16-12-5-3-2-4-11(12)13(10-14)6-8-15-9-7-13;/h2-5,15H,6-9H2,1H3;1H. The third-order valence-corrected chi connectivity index (χ3v) is 3.29. The first-order valence-electron chi connectivity index (χ1n) is 5.58. The van der Waals surface area contributed by atoms with Crippen molar-refractivity contribution in [3.8, 4) is 11.8 Å². The fourth-order valence-corrected chi connectivity index (χ4v) is 2.33. The van der Waals surface area contributed by atoms with Crippen LogP contribution in [0.4, 0.5) is 0 Å². The lowest BCUT2D eigenvalue weighted by atomic mass is 9.74. The van der Waals surface area contributed by atoms with E-state index in [9.17, 15) is 5.26 Å². The van der Waals surface area contributed by atoms with Gasteiger partial charge in [0.2, 0.25) is 0 Å². The molecule has 0 amide bonds. The molecule has 2 rings (SSSR count). The molecule has 0 unspecified atom stereocenters. The zero-order valence-electron chi connectivity index (χ0n) is 9.90. The molecule has 92 valence electrons. The Kier molecular flexibility index (Phi) is 4.98. The Morgan fingerprint density at radius 1 is 1.29 bits per heavy atom. The van der Waals surface area contributed by atoms with Gasteiger partial charge in [-0.2, -0.15) is 5.26 Å². The normalized spacial score (nSPS) is 17.6. The first kappa shape index (κ1) is 14.0. The molecular formula is C13H17BrN2O. The van der Waals surface area contributed by atoms with Crippen LogP contribution < -0.4 is 10.1 Å². The van der Waals surface area contributed by atoms with E-state index < -0.39 is 0 Å². The van der Waals surface area contributed by atoms with Crippen molar-refractivity contribution in [2.24, 2.45) is 0 Å². The summed E-state index contributed by atoms with van der Waals surface area (Å²) in [5.74, 6) is 0.825. The average Bonchev–Trinajstić information content (AvgIpc) is 2.39. The van der Waals surface area contributed by atoms with Crippen molar-refractivity contribution in [3.05, 3.63) is 29.8 Å². The van der Waals surface area contributed by atoms with Crippen molar-refractivity contribution in [3.63, 3.8) is 0 Å². The van der Waals surface area contributed by atoms with Gasteiger partial charge in [-0.1, -0.05) is 18.2 Å². The summed E-state index contributed by atoms with van der Waals surface area (Å²) < 4.78 is 5.35. The van der Waals surface area contributed by atoms with E-state index in [2.05, 4.69) is 11.4 Å². The number of halogens is 1. The molecule has 0 atom stereocenters. The largest absolute Gasteiger partial charge is 0.496 e. The molecular weight excluding hydrogens is 280 g/mol. The molecule has 1 saturated heterocycles. The van der Waals surface area contributed by atoms with Crippen LogP contribution in [0.5, 0.6) is 5.75 Å². The Morgan fingerprint density at radius 2 is 1.94 bits per heavy atom. The number of hydrogen-bond donors (Lipinski definition) is 1. The zero-order chi connectivity index (χ0) is 11.4. The Labute approximate surface area is 113 Å². The highest BCUT2D eigenvalue weighted by atomic mass is 79.9. The van der Waals surface area contributed by atoms with E-state index in [-0.39, 0.29) is 22.4 Å². The lowest BCUT2D eigenvalue weighted by Gasteiger charge is -2.32. The fraction of sp³-hybridized carbons (Fsp3) is 0.462. The highest BCUT2D eigenvalue weighted by Gasteiger charge is 2.36. The molecule has 0 saturated carbocycles. The second kappa shape index (κ2) is 6.04. The quantitative estimate of drug-likeness (QED) is 0.912. The van der Waals surface area contributed by atoms with Crippen LogP contribution in [0.25, 0.3) is 0 Å². The first-order valence-corrected chi connectivity index (χ1v) is 5.58. The van der Waals surface area contributed by atoms with Crippen molar-refractivity contribution in [2.45, 2.75) is 18.3 Å². The molecule has 1 N–H and O–H groups in total. The summed E-state index contributed by atoms with van der Waals surface area (Å²) in [6, 6.07) is 10.3. The molecule has 1 fully saturated rings. The lowest BCUT2D eigenvalue weighted by Crippen LogP contribution is -2.39. The fourth-order valence-electron chi connectivity index (χ4n) is 2.33. The number of ether oxygens (including phenoxy) is 1. The molecule has 0 aromatic heterocycles. The van der Waals surface area contributed by atoms with E-state index in [0.29, 0.717) is 0 Å². The minimum absolute atomic E-state index is 0. The second-order valence-electron chi connectivity index (χ2n) is 4.14. The Bertz CT molecular complexity index is 408. The highest BCUT2D eigenvalue weighted by Crippen LogP contribution is 2.37. The molecule has 0 spiro atoms. The van der Waals surface area contributed by atoms with Gasteiger partial charge in [0.1, 0.15) is 5.75 Å². The number of rotatable bonds is 2. The smallest absolute Gasteiger partial charge is 0.123 e. The van der Waals surface area contributed by atoms with Crippen LogP contribution in [0, 0.1) is 11.3 Å². The molecule has 1 aliphatic rings. The van der Waals surface area contributed by atoms with Crippen LogP contribution in [0.15, 0.2) is 24.3 Å². The maximum atomic E-state index is 9.48. The van der Waals surface area contributed by atoms with E-state index in [4.69, 9.17) is 4.74 Å². The topological polar surface area (TPSA) is 45.0 Å². The maximum Gasteiger partial charge on any atom is 0.123 e. The van der Waals surface area contributed by atoms with Crippen LogP contribution in [0.2, 0.25) is 0 Å². The zero-order valence-corrected chi connectivity index (χ0v) is 11.6. The highest BCUT2D eigenvalue weighted by molar-refractivity contribution is 8.93. The number of nitriles is 1. The number of nitrogens with one attached hydrogen (secondary N) is 1. The Morgan fingerprint density at radius 3 is 2.53 bits per heavy atom. The molecule has 0 radical (unpaired) electrons. The van der Waals surface area contributed by atoms with Crippen LogP contribution >= 0.6 is 17.0 Å². The summed E-state index contributed by atoms with van der Waals surface area (Å²) >= 11 is 0. The van der Waals surface area contributed by atoms with E-state index in [1.807, 2.05) is 24.3 Å². The summed E-state index contributed by atoms with van der Waals surface area (Å²) in [6.07, 6.45) is 1.70. The van der Waals surface area contributed by atoms with E-state index in [1.165, 1.54) is 0 Å². The average molecular weight is 297 g/mol. The van der Waals surface area contributed by atoms with Gasteiger partial charge in [0.05, 0.1) is 18.6 Å². The predicted octanol–water partition coefficient (Wildman–Crippen LogP) is 2.42. The predicted molar refractivity (Wildman–Crippen MR) is 72.7 cm³/mol. The number of para-hydroxylation sites is 1. The Balaban J connectivity index is 0.00000144. The number of benzene rings is 1. The van der Waals surface area contributed by atoms with Gasteiger partial charge in [0.15, 0.2) is 0 Å². The van der Waals surface area contributed by atoms with E-state index in [0.717, 1.165) is 37.2 Å². The number of piperidine rings is 1. The van der Waals surface area contributed by atoms with Gasteiger partial charge in [-0.25, -0.2) is 0 Å². The minimum atomic E-state index is -0.377. The summed E-state index contributed by atoms with van der Waals surface area (Å²) in [7, 11) is 1.66. The molecule has 1 heterocycles. The summed E-state index contributed by atoms with van der Waals surface area (Å²) in [4.78, 5) is 0. The molecule has 17 heavy (non-hydrogen) atoms. The monoisotopic (exact) mass is 296 g/mol. The minimum Gasteiger partial charge on any atom is -0.496 e. The summed E-state index contributed by atoms with van der Waals surface area (Å²) in [5.41, 5.74) is 0.652. The van der Waals surface area contributed by atoms with Crippen molar-refractivity contribution in [1.29, 1.82) is 5.26 Å². The molecule has 1 aromatic carbocycles. The van der Waals surface area contributed by atoms with E-state index >= 15 is 0 Å². The van der Waals surface area contributed by atoms with Crippen LogP contribution in [0.3, 0.4) is 0 Å². The molecule has 0 aliphatic carbocycles. The van der Waals surface area contributed by atoms with Crippen molar-refractivity contribution in [1.82, 2.24) is 5.32 Å². The number of nitrogens with zero attached hydrogens (tertiary/aromatic N) is 1. The van der Waals surface area contributed by atoms with Crippen LogP contribution in [-0.2, 0) is 5.41 Å². The van der Waals surface area contributed by atoms with Gasteiger partial charge in [0, 0.05) is 5.56 Å². The van der Waals surface area contributed by atoms with Gasteiger partial charge >= 0.3 is 0 Å². The second-order valence-corrected chi connectivity index (χ2v) is 4.14. The summed E-state index contributed by atoms with van der Waals surface area (Å²) in [5, 5.41) is 12.8. The SMILES string of the molecule is Br.COc1ccccc1C1(C#N)CCNCC1. The molecule has 0 bridgehead atoms. The molecule has 1 aliphatic heterocycles. The van der Waals surface area contributed by atoms with E-state index in [1.54, 1.807) is 7.11 Å². The van der Waals surface area contributed by atoms with Gasteiger partial charge < -0.3 is 10.1 Å². The van der Waals surface area contributed by atoms with Crippen LogP contribution in [0.1, 0.15) is 18.4 Å². The molecule has 1 aromatic rings. The number of methoxy groups -OCH3 is 1. The van der Waals surface area contributed by atoms with Crippen molar-refractivity contribution in [2.75, 3.05) is 20.2 Å². The van der Waals surface area contributed by atoms with Gasteiger partial charge in [-0.15, -0.1) is 17.0 Å². The third kappa shape index (κ3) is 2.62. The van der Waals surface area contributed by atoms with Crippen LogP contribution in [-0.4, -0.2) is 20.2 Å². The molecule has 4 heteroatoms. The van der Waals surface area contributed by atoms with Crippen molar-refractivity contribution < 1.29 is 4.74 Å². The first-order chi connectivity index (χ1) is 7.82. The van der Waals surface area contributed by atoms with Gasteiger partial charge in [0.25, 0.3) is 0 Å². The number of hydrogen-bond acceptors (Lipinski definition) is 3. The third-order valence-electron chi connectivity index (χ3n) is 3.29. The van der Waals surface area contributed by atoms with Gasteiger partial charge in [-0.3, -0.25) is 0 Å². The lowest BCUT2D eigenvalue weighted by molar-refractivity contribution is 0.353. The summed E-state index contributed by atoms with van der Waals surface area (Å²) in [6.45, 7) is 1.79. The maximum absolute atomic E-state index is 9.48. The van der Waals surface area contributed by atoms with Crippen molar-refractivity contribution >= 4 is 17.0 Å².